The van der Waals surface area contributed by atoms with Crippen LogP contribution in [0.4, 0.5) is 0 Å². The summed E-state index contributed by atoms with van der Waals surface area (Å²) in [6, 6.07) is -5.77. The summed E-state index contributed by atoms with van der Waals surface area (Å²) in [5.41, 5.74) is -0.389. The van der Waals surface area contributed by atoms with E-state index in [-0.39, 0.29) is 58.2 Å². The van der Waals surface area contributed by atoms with E-state index in [1.807, 2.05) is 0 Å². The van der Waals surface area contributed by atoms with Crippen molar-refractivity contribution in [1.29, 1.82) is 0 Å². The van der Waals surface area contributed by atoms with Crippen molar-refractivity contribution in [2.24, 2.45) is 0 Å². The van der Waals surface area contributed by atoms with Gasteiger partial charge in [-0.15, -0.1) is 11.8 Å². The summed E-state index contributed by atoms with van der Waals surface area (Å²) in [4.78, 5) is 39.1. The van der Waals surface area contributed by atoms with Crippen LogP contribution in [0.5, 0.6) is 5.75 Å². The molecule has 7 nitrogen and oxygen atoms in total. The van der Waals surface area contributed by atoms with Gasteiger partial charge in [0.2, 0.25) is 5.91 Å². The number of amides is 2. The number of benzene rings is 2. The molecule has 0 aliphatic carbocycles. The first-order chi connectivity index (χ1) is 16.3. The molecule has 0 unspecified atom stereocenters. The van der Waals surface area contributed by atoms with Crippen molar-refractivity contribution in [3.05, 3.63) is 41.8 Å². The normalized spacial score (nSPS) is 26.7. The van der Waals surface area contributed by atoms with Crippen LogP contribution in [0, 0.1) is 0 Å². The molecule has 2 aliphatic rings. The molecule has 0 spiro atoms. The van der Waals surface area contributed by atoms with Crippen LogP contribution in [-0.4, -0.2) is 51.5 Å². The van der Waals surface area contributed by atoms with Crippen molar-refractivity contribution in [2.45, 2.75) is 43.0 Å². The quantitative estimate of drug-likeness (QED) is 0.431. The fourth-order valence-electron chi connectivity index (χ4n) is 3.70. The Balaban J connectivity index is 0.00000361. The van der Waals surface area contributed by atoms with Crippen LogP contribution < -0.4 is 44.7 Å². The van der Waals surface area contributed by atoms with Crippen molar-refractivity contribution < 1.29 is 62.0 Å². The average molecular weight is 443 g/mol. The second-order valence-corrected chi connectivity index (χ2v) is 8.94. The van der Waals surface area contributed by atoms with E-state index in [2.05, 4.69) is 5.32 Å². The second kappa shape index (κ2) is 8.42. The number of carbonyl (C=O) groups is 3. The molecule has 2 fully saturated rings. The monoisotopic (exact) mass is 442 g/mol. The molecule has 2 aromatic carbocycles. The molecule has 0 radical (unpaired) electrons. The van der Waals surface area contributed by atoms with Crippen molar-refractivity contribution in [3.63, 3.8) is 0 Å². The molecule has 2 heterocycles. The van der Waals surface area contributed by atoms with E-state index < -0.39 is 76.2 Å². The molecule has 1 N–H and O–H groups in total. The number of nitrogens with one attached hydrogen (secondary N) is 1. The van der Waals surface area contributed by atoms with Crippen molar-refractivity contribution >= 4 is 40.3 Å². The van der Waals surface area contributed by atoms with Gasteiger partial charge in [0.25, 0.3) is 5.91 Å². The second-order valence-electron chi connectivity index (χ2n) is 7.17. The minimum Gasteiger partial charge on any atom is -0.548 e. The van der Waals surface area contributed by atoms with Gasteiger partial charge in [-0.3, -0.25) is 9.59 Å². The molecule has 9 heteroatoms. The van der Waals surface area contributed by atoms with E-state index in [0.29, 0.717) is 0 Å². The van der Waals surface area contributed by atoms with E-state index >= 15 is 0 Å². The van der Waals surface area contributed by atoms with Gasteiger partial charge in [0, 0.05) is 4.75 Å². The number of ether oxygens (including phenoxy) is 1. The molecule has 2 aliphatic heterocycles. The Morgan fingerprint density at radius 2 is 2.00 bits per heavy atom. The molecule has 4 rings (SSSR count). The number of carboxylic acid groups (broad SMARTS) is 1. The molecular weight excluding hydrogens is 415 g/mol. The number of hydrogen-bond acceptors (Lipinski definition) is 6. The third kappa shape index (κ3) is 3.60. The Hall–Kier alpha value is -1.74. The zero-order valence-corrected chi connectivity index (χ0v) is 19.7. The molecule has 2 aromatic rings. The predicted molar refractivity (Wildman–Crippen MR) is 107 cm³/mol. The zero-order chi connectivity index (χ0) is 26.1. The van der Waals surface area contributed by atoms with E-state index in [0.717, 1.165) is 4.90 Å². The molecular formula is C21H21N2NaO5S. The number of β-lactam (4-membered cyclic amide) rings is 1. The first-order valence-corrected chi connectivity index (χ1v) is 9.81. The number of aliphatic carboxylic acids is 1. The van der Waals surface area contributed by atoms with E-state index in [4.69, 9.17) is 13.0 Å². The fourth-order valence-corrected chi connectivity index (χ4v) is 5.32. The molecule has 30 heavy (non-hydrogen) atoms. The topological polar surface area (TPSA) is 98.8 Å². The number of carbonyl (C=O) groups excluding carboxylic acids is 3. The van der Waals surface area contributed by atoms with Crippen LogP contribution in [0.15, 0.2) is 36.3 Å². The number of rotatable bonds is 5. The number of thioether (sulfide) groups is 1. The van der Waals surface area contributed by atoms with E-state index in [9.17, 15) is 19.5 Å². The van der Waals surface area contributed by atoms with Crippen LogP contribution >= 0.6 is 11.8 Å². The van der Waals surface area contributed by atoms with Gasteiger partial charge < -0.3 is 24.9 Å². The van der Waals surface area contributed by atoms with Gasteiger partial charge in [0.05, 0.1) is 32.4 Å². The number of carboxylic acids is 1. The van der Waals surface area contributed by atoms with Gasteiger partial charge in [-0.05, 0) is 37.6 Å². The predicted octanol–water partition coefficient (Wildman–Crippen LogP) is -1.85. The van der Waals surface area contributed by atoms with Crippen LogP contribution in [-0.2, 0) is 9.59 Å². The van der Waals surface area contributed by atoms with Crippen LogP contribution in [0.3, 0.4) is 0 Å². The van der Waals surface area contributed by atoms with Crippen LogP contribution in [0.2, 0.25) is 0 Å². The standard InChI is InChI=1S/C21H22N2O5S.Na/c1-4-28-13-10-9-11-7-5-6-8-12(11)14(13)17(24)22-15-18(25)23-16(20(26)27)21(2,3)29-19(15)23;/h5-10,15-16,19H,4H2,1-3H3,(H,22,24)(H,26,27);/q;+1/p-1/t15-,16+,19-;/m1./s1/i5D,6D,7D,8D,9D,10D;. The van der Waals surface area contributed by atoms with Crippen molar-refractivity contribution in [3.8, 4) is 5.75 Å². The van der Waals surface area contributed by atoms with E-state index in [1.165, 1.54) is 11.8 Å². The van der Waals surface area contributed by atoms with Gasteiger partial charge in [0.15, 0.2) is 0 Å². The Labute approximate surface area is 209 Å². The van der Waals surface area contributed by atoms with Gasteiger partial charge in [-0.1, -0.05) is 30.2 Å². The summed E-state index contributed by atoms with van der Waals surface area (Å²) >= 11 is 1.19. The van der Waals surface area contributed by atoms with Crippen molar-refractivity contribution in [2.75, 3.05) is 6.61 Å². The summed E-state index contributed by atoms with van der Waals surface area (Å²) in [6.07, 6.45) is 0. The molecule has 2 amide bonds. The summed E-state index contributed by atoms with van der Waals surface area (Å²) in [5, 5.41) is 12.9. The Bertz CT molecular complexity index is 1330. The minimum atomic E-state index is -1.41. The van der Waals surface area contributed by atoms with E-state index in [1.54, 1.807) is 20.8 Å². The SMILES string of the molecule is [2H]c1c([2H])c([2H])c2c(C(=O)N[C@@H]3C(=O)N4[C@@H]3SC(C)(C)[C@@H]4C(=O)[O-])c(OCC)c([2H])c([2H])c2c1[2H].[Na+]. The fraction of sp³-hybridized carbons (Fsp3) is 0.381. The molecule has 0 bridgehead atoms. The molecule has 0 aromatic heterocycles. The molecule has 3 atom stereocenters. The van der Waals surface area contributed by atoms with Crippen molar-refractivity contribution in [1.82, 2.24) is 10.2 Å². The van der Waals surface area contributed by atoms with Gasteiger partial charge in [-0.2, -0.15) is 0 Å². The van der Waals surface area contributed by atoms with Crippen LogP contribution in [0.25, 0.3) is 10.8 Å². The smallest absolute Gasteiger partial charge is 0.548 e. The molecule has 152 valence electrons. The summed E-state index contributed by atoms with van der Waals surface area (Å²) < 4.78 is 53.7. The minimum absolute atomic E-state index is 0. The van der Waals surface area contributed by atoms with Crippen LogP contribution in [0.1, 0.15) is 39.4 Å². The molecule has 0 saturated carbocycles. The maximum Gasteiger partial charge on any atom is 1.00 e. The Morgan fingerprint density at radius 3 is 2.67 bits per heavy atom. The number of fused-ring (bicyclic) bond motifs is 2. The van der Waals surface area contributed by atoms with Gasteiger partial charge in [-0.25, -0.2) is 0 Å². The Kier molecular flexibility index (Phi) is 4.48. The Morgan fingerprint density at radius 1 is 1.30 bits per heavy atom. The van der Waals surface area contributed by atoms with Gasteiger partial charge >= 0.3 is 29.6 Å². The first kappa shape index (κ1) is 16.0. The number of nitrogens with zero attached hydrogens (tertiary/aromatic N) is 1. The first-order valence-electron chi connectivity index (χ1n) is 11.9. The summed E-state index contributed by atoms with van der Waals surface area (Å²) in [6.45, 7) is 4.89. The maximum atomic E-state index is 13.5. The third-order valence-corrected chi connectivity index (χ3v) is 6.50. The summed E-state index contributed by atoms with van der Waals surface area (Å²) in [5.74, 6) is -3.33. The third-order valence-electron chi connectivity index (χ3n) is 4.93. The largest absolute Gasteiger partial charge is 1.00 e. The molecule has 2 saturated heterocycles. The van der Waals surface area contributed by atoms with Gasteiger partial charge in [0.1, 0.15) is 17.2 Å². The zero-order valence-electron chi connectivity index (χ0n) is 22.8. The summed E-state index contributed by atoms with van der Waals surface area (Å²) in [7, 11) is 0. The number of hydrogen-bond donors (Lipinski definition) is 1. The average Bonchev–Trinajstić information content (AvgIpc) is 3.05. The maximum absolute atomic E-state index is 13.5.